The fraction of sp³-hybridized carbons (Fsp3) is 0.833. The lowest BCUT2D eigenvalue weighted by Crippen LogP contribution is -2.17. The number of rotatable bonds is 1. The third kappa shape index (κ3) is 2.14. The normalized spacial score (nSPS) is 39.2. The highest BCUT2D eigenvalue weighted by Gasteiger charge is 2.33. The van der Waals surface area contributed by atoms with Crippen molar-refractivity contribution in [2.24, 2.45) is 5.92 Å². The molecule has 1 saturated heterocycles. The molecule has 1 heterocycles. The van der Waals surface area contributed by atoms with Crippen LogP contribution in [0, 0.1) is 5.92 Å². The van der Waals surface area contributed by atoms with Gasteiger partial charge in [-0.3, -0.25) is 0 Å². The Labute approximate surface area is 84.0 Å². The van der Waals surface area contributed by atoms with E-state index in [-0.39, 0.29) is 5.92 Å². The fourth-order valence-electron chi connectivity index (χ4n) is 2.17. The summed E-state index contributed by atoms with van der Waals surface area (Å²) in [5.74, 6) is -0.0206. The molecule has 2 rings (SSSR count). The van der Waals surface area contributed by atoms with E-state index in [2.05, 4.69) is 6.08 Å². The first kappa shape index (κ1) is 7.05. The zero-order valence-corrected chi connectivity index (χ0v) is 8.60. The first-order valence-corrected chi connectivity index (χ1v) is 5.28. The average Bonchev–Trinajstić information content (AvgIpc) is 2.39. The Bertz CT molecular complexity index is 281. The van der Waals surface area contributed by atoms with E-state index in [1.54, 1.807) is 0 Å². The van der Waals surface area contributed by atoms with Gasteiger partial charge in [0.25, 0.3) is 0 Å². The molecular formula is C12H20O. The molecule has 74 valence electrons. The zero-order chi connectivity index (χ0) is 11.1. The molecule has 0 bridgehead atoms. The summed E-state index contributed by atoms with van der Waals surface area (Å²) in [5.41, 5.74) is 0.646. The SMILES string of the molecule is [2H]C1([2H])C(C2=CCCCC2)COC1(C)C. The molecule has 1 heteroatoms. The maximum atomic E-state index is 8.18. The minimum Gasteiger partial charge on any atom is -0.375 e. The van der Waals surface area contributed by atoms with Gasteiger partial charge in [0.1, 0.15) is 0 Å². The summed E-state index contributed by atoms with van der Waals surface area (Å²) >= 11 is 0. The van der Waals surface area contributed by atoms with Crippen molar-refractivity contribution in [2.75, 3.05) is 6.61 Å². The van der Waals surface area contributed by atoms with Crippen molar-refractivity contribution in [3.63, 3.8) is 0 Å². The van der Waals surface area contributed by atoms with E-state index in [1.807, 2.05) is 13.8 Å². The second kappa shape index (κ2) is 3.45. The largest absolute Gasteiger partial charge is 0.375 e. The van der Waals surface area contributed by atoms with Crippen molar-refractivity contribution in [1.82, 2.24) is 0 Å². The molecule has 0 radical (unpaired) electrons. The van der Waals surface area contributed by atoms with Gasteiger partial charge in [-0.1, -0.05) is 11.6 Å². The Morgan fingerprint density at radius 3 is 2.92 bits per heavy atom. The lowest BCUT2D eigenvalue weighted by molar-refractivity contribution is 0.0355. The first-order valence-electron chi connectivity index (χ1n) is 6.28. The number of allylic oxidation sites excluding steroid dienone is 1. The van der Waals surface area contributed by atoms with Crippen molar-refractivity contribution in [3.8, 4) is 0 Å². The van der Waals surface area contributed by atoms with Crippen molar-refractivity contribution in [2.45, 2.75) is 51.5 Å². The molecule has 0 aromatic rings. The van der Waals surface area contributed by atoms with Gasteiger partial charge in [0, 0.05) is 8.66 Å². The maximum absolute atomic E-state index is 8.18. The smallest absolute Gasteiger partial charge is 0.0633 e. The summed E-state index contributed by atoms with van der Waals surface area (Å²) in [6, 6.07) is 0. The van der Waals surface area contributed by atoms with Crippen LogP contribution in [0.1, 0.15) is 48.6 Å². The van der Waals surface area contributed by atoms with Gasteiger partial charge in [-0.05, 0) is 45.9 Å². The minimum atomic E-state index is -1.23. The van der Waals surface area contributed by atoms with Crippen LogP contribution >= 0.6 is 0 Å². The van der Waals surface area contributed by atoms with E-state index in [4.69, 9.17) is 7.48 Å². The molecule has 0 aromatic heterocycles. The van der Waals surface area contributed by atoms with Gasteiger partial charge in [0.2, 0.25) is 0 Å². The van der Waals surface area contributed by atoms with Crippen LogP contribution in [-0.4, -0.2) is 12.2 Å². The Balaban J connectivity index is 2.21. The van der Waals surface area contributed by atoms with Crippen LogP contribution in [0.3, 0.4) is 0 Å². The maximum Gasteiger partial charge on any atom is 0.0633 e. The molecule has 0 saturated carbocycles. The highest BCUT2D eigenvalue weighted by molar-refractivity contribution is 5.12. The van der Waals surface area contributed by atoms with E-state index < -0.39 is 12.0 Å². The standard InChI is InChI=1S/C12H20O/c1-12(2)8-11(9-13-12)10-6-4-3-5-7-10/h6,11H,3-5,7-9H2,1-2H3/i8D2. The van der Waals surface area contributed by atoms with E-state index >= 15 is 0 Å². The van der Waals surface area contributed by atoms with Crippen LogP contribution in [-0.2, 0) is 4.74 Å². The van der Waals surface area contributed by atoms with Crippen LogP contribution in [0.2, 0.25) is 0 Å². The summed E-state index contributed by atoms with van der Waals surface area (Å²) in [4.78, 5) is 0. The van der Waals surface area contributed by atoms with Gasteiger partial charge in [-0.2, -0.15) is 0 Å². The van der Waals surface area contributed by atoms with Crippen molar-refractivity contribution >= 4 is 0 Å². The summed E-state index contributed by atoms with van der Waals surface area (Å²) in [5, 5.41) is 0. The van der Waals surface area contributed by atoms with Gasteiger partial charge in [0.15, 0.2) is 0 Å². The lowest BCUT2D eigenvalue weighted by Gasteiger charge is -2.19. The van der Waals surface area contributed by atoms with Gasteiger partial charge < -0.3 is 4.74 Å². The molecule has 0 spiro atoms. The molecule has 0 amide bonds. The Morgan fingerprint density at radius 2 is 2.38 bits per heavy atom. The second-order valence-electron chi connectivity index (χ2n) is 4.54. The van der Waals surface area contributed by atoms with Crippen LogP contribution in [0.15, 0.2) is 11.6 Å². The topological polar surface area (TPSA) is 9.23 Å². The molecule has 1 atom stereocenters. The number of ether oxygens (including phenoxy) is 1. The average molecular weight is 182 g/mol. The molecule has 0 aromatic carbocycles. The van der Waals surface area contributed by atoms with Gasteiger partial charge in [-0.15, -0.1) is 0 Å². The van der Waals surface area contributed by atoms with Crippen molar-refractivity contribution in [3.05, 3.63) is 11.6 Å². The molecule has 1 aliphatic heterocycles. The molecule has 1 aliphatic carbocycles. The molecular weight excluding hydrogens is 160 g/mol. The van der Waals surface area contributed by atoms with E-state index in [0.717, 1.165) is 12.8 Å². The quantitative estimate of drug-likeness (QED) is 0.565. The molecule has 0 N–H and O–H groups in total. The van der Waals surface area contributed by atoms with Gasteiger partial charge in [-0.25, -0.2) is 0 Å². The van der Waals surface area contributed by atoms with Crippen molar-refractivity contribution in [1.29, 1.82) is 0 Å². The molecule has 2 aliphatic rings. The van der Waals surface area contributed by atoms with Gasteiger partial charge >= 0.3 is 0 Å². The lowest BCUT2D eigenvalue weighted by atomic mass is 9.85. The molecule has 1 nitrogen and oxygen atoms in total. The Kier molecular flexibility index (Phi) is 1.87. The first-order chi connectivity index (χ1) is 6.95. The Morgan fingerprint density at radius 1 is 1.54 bits per heavy atom. The van der Waals surface area contributed by atoms with Crippen LogP contribution < -0.4 is 0 Å². The summed E-state index contributed by atoms with van der Waals surface area (Å²) in [6.45, 7) is 4.26. The Hall–Kier alpha value is -0.300. The predicted molar refractivity (Wildman–Crippen MR) is 54.7 cm³/mol. The molecule has 1 unspecified atom stereocenters. The highest BCUT2D eigenvalue weighted by Crippen LogP contribution is 2.36. The summed E-state index contributed by atoms with van der Waals surface area (Å²) < 4.78 is 22.0. The van der Waals surface area contributed by atoms with Gasteiger partial charge in [0.05, 0.1) is 12.2 Å². The second-order valence-corrected chi connectivity index (χ2v) is 4.54. The van der Waals surface area contributed by atoms with Crippen LogP contribution in [0.25, 0.3) is 0 Å². The van der Waals surface area contributed by atoms with E-state index in [9.17, 15) is 0 Å². The van der Waals surface area contributed by atoms with Crippen LogP contribution in [0.5, 0.6) is 0 Å². The summed E-state index contributed by atoms with van der Waals surface area (Å²) in [7, 11) is 0. The monoisotopic (exact) mass is 182 g/mol. The van der Waals surface area contributed by atoms with Crippen molar-refractivity contribution < 1.29 is 7.48 Å². The predicted octanol–water partition coefficient (Wildman–Crippen LogP) is 3.30. The number of hydrogen-bond donors (Lipinski definition) is 0. The van der Waals surface area contributed by atoms with E-state index in [1.165, 1.54) is 18.4 Å². The zero-order valence-electron chi connectivity index (χ0n) is 10.6. The fourth-order valence-corrected chi connectivity index (χ4v) is 2.17. The number of hydrogen-bond acceptors (Lipinski definition) is 1. The molecule has 1 fully saturated rings. The minimum absolute atomic E-state index is 0.0206. The van der Waals surface area contributed by atoms with E-state index in [0.29, 0.717) is 6.61 Å². The summed E-state index contributed by atoms with van der Waals surface area (Å²) in [6.07, 6.45) is 5.64. The highest BCUT2D eigenvalue weighted by atomic mass is 16.5. The molecule has 13 heavy (non-hydrogen) atoms. The van der Waals surface area contributed by atoms with Crippen LogP contribution in [0.4, 0.5) is 0 Å². The third-order valence-corrected chi connectivity index (χ3v) is 2.91. The third-order valence-electron chi connectivity index (χ3n) is 2.91.